The third kappa shape index (κ3) is 2.87. The minimum absolute atomic E-state index is 0.178. The highest BCUT2D eigenvalue weighted by molar-refractivity contribution is 9.10. The van der Waals surface area contributed by atoms with E-state index < -0.39 is 0 Å². The second-order valence-corrected chi connectivity index (χ2v) is 6.54. The molecule has 124 valence electrons. The molecule has 7 heteroatoms. The van der Waals surface area contributed by atoms with E-state index in [2.05, 4.69) is 26.2 Å². The first-order chi connectivity index (χ1) is 11.4. The smallest absolute Gasteiger partial charge is 0.265 e. The zero-order valence-electron chi connectivity index (χ0n) is 13.5. The van der Waals surface area contributed by atoms with E-state index in [1.165, 1.54) is 10.9 Å². The Bertz CT molecular complexity index is 973. The normalized spacial score (nSPS) is 12.3. The monoisotopic (exact) mass is 389 g/mol. The molecule has 0 saturated heterocycles. The van der Waals surface area contributed by atoms with Crippen LogP contribution in [0.4, 0.5) is 0 Å². The van der Waals surface area contributed by atoms with E-state index in [1.54, 1.807) is 14.0 Å². The van der Waals surface area contributed by atoms with Crippen LogP contribution < -0.4 is 10.9 Å². The maximum atomic E-state index is 12.7. The molecule has 0 fully saturated rings. The van der Waals surface area contributed by atoms with Crippen LogP contribution in [0.5, 0.6) is 0 Å². The number of amides is 1. The number of benzene rings is 1. The summed E-state index contributed by atoms with van der Waals surface area (Å²) in [5.41, 5.74) is 1.07. The Balaban J connectivity index is 1.97. The van der Waals surface area contributed by atoms with Gasteiger partial charge in [0.1, 0.15) is 17.5 Å². The molecule has 2 aromatic heterocycles. The van der Waals surface area contributed by atoms with Gasteiger partial charge in [-0.05, 0) is 31.5 Å². The summed E-state index contributed by atoms with van der Waals surface area (Å²) in [6, 6.07) is 7.47. The molecule has 0 radical (unpaired) electrons. The molecule has 2 heterocycles. The van der Waals surface area contributed by atoms with E-state index in [0.29, 0.717) is 5.76 Å². The van der Waals surface area contributed by atoms with Gasteiger partial charge in [0.05, 0.1) is 11.6 Å². The predicted octanol–water partition coefficient (Wildman–Crippen LogP) is 3.09. The third-order valence-electron chi connectivity index (χ3n) is 3.89. The lowest BCUT2D eigenvalue weighted by Crippen LogP contribution is -2.28. The van der Waals surface area contributed by atoms with Crippen LogP contribution in [-0.4, -0.2) is 15.5 Å². The van der Waals surface area contributed by atoms with E-state index in [-0.39, 0.29) is 34.2 Å². The molecule has 0 aliphatic heterocycles. The van der Waals surface area contributed by atoms with Gasteiger partial charge in [0.2, 0.25) is 5.71 Å². The van der Waals surface area contributed by atoms with Gasteiger partial charge in [0.15, 0.2) is 0 Å². The fourth-order valence-corrected chi connectivity index (χ4v) is 2.83. The van der Waals surface area contributed by atoms with Gasteiger partial charge in [0.25, 0.3) is 11.5 Å². The predicted molar refractivity (Wildman–Crippen MR) is 94.0 cm³/mol. The maximum absolute atomic E-state index is 12.7. The lowest BCUT2D eigenvalue weighted by molar-refractivity contribution is 0.0939. The Morgan fingerprint density at radius 2 is 2.00 bits per heavy atom. The van der Waals surface area contributed by atoms with Gasteiger partial charge in [-0.25, -0.2) is 4.98 Å². The number of carbonyl (C=O) groups excluding carboxylic acids is 1. The molecule has 0 saturated carbocycles. The summed E-state index contributed by atoms with van der Waals surface area (Å²) in [6.45, 7) is 3.54. The highest BCUT2D eigenvalue weighted by Gasteiger charge is 2.23. The second-order valence-electron chi connectivity index (χ2n) is 5.62. The molecule has 0 spiro atoms. The first-order valence-corrected chi connectivity index (χ1v) is 8.19. The van der Waals surface area contributed by atoms with E-state index in [4.69, 9.17) is 4.42 Å². The average molecular weight is 390 g/mol. The first-order valence-electron chi connectivity index (χ1n) is 7.39. The van der Waals surface area contributed by atoms with E-state index >= 15 is 0 Å². The number of halogens is 1. The SMILES string of the molecule is Cc1oc2ncn(C)c(=O)c2c1C(=O)NC(C)c1ccc(Br)cc1. The first kappa shape index (κ1) is 16.4. The lowest BCUT2D eigenvalue weighted by atomic mass is 10.1. The van der Waals surface area contributed by atoms with Crippen LogP contribution in [0.1, 0.15) is 34.6 Å². The molecule has 0 bridgehead atoms. The Labute approximate surface area is 146 Å². The molecule has 6 nitrogen and oxygen atoms in total. The van der Waals surface area contributed by atoms with Crippen molar-refractivity contribution < 1.29 is 9.21 Å². The number of rotatable bonds is 3. The fraction of sp³-hybridized carbons (Fsp3) is 0.235. The molecule has 1 N–H and O–H groups in total. The van der Waals surface area contributed by atoms with Gasteiger partial charge in [-0.3, -0.25) is 9.59 Å². The third-order valence-corrected chi connectivity index (χ3v) is 4.42. The molecule has 1 unspecified atom stereocenters. The molecular weight excluding hydrogens is 374 g/mol. The number of aryl methyl sites for hydroxylation is 2. The van der Waals surface area contributed by atoms with Crippen molar-refractivity contribution >= 4 is 32.9 Å². The molecule has 3 aromatic rings. The minimum Gasteiger partial charge on any atom is -0.442 e. The van der Waals surface area contributed by atoms with Gasteiger partial charge < -0.3 is 14.3 Å². The average Bonchev–Trinajstić information content (AvgIpc) is 2.88. The molecule has 24 heavy (non-hydrogen) atoms. The number of hydrogen-bond acceptors (Lipinski definition) is 4. The highest BCUT2D eigenvalue weighted by Crippen LogP contribution is 2.22. The zero-order chi connectivity index (χ0) is 17.4. The van der Waals surface area contributed by atoms with E-state index in [0.717, 1.165) is 10.0 Å². The summed E-state index contributed by atoms with van der Waals surface area (Å²) in [6.07, 6.45) is 1.37. The zero-order valence-corrected chi connectivity index (χ0v) is 15.0. The maximum Gasteiger partial charge on any atom is 0.265 e. The summed E-state index contributed by atoms with van der Waals surface area (Å²) < 4.78 is 7.76. The van der Waals surface area contributed by atoms with Crippen molar-refractivity contribution in [1.82, 2.24) is 14.9 Å². The Morgan fingerprint density at radius 1 is 1.33 bits per heavy atom. The number of hydrogen-bond donors (Lipinski definition) is 1. The van der Waals surface area contributed by atoms with Crippen LogP contribution in [0.2, 0.25) is 0 Å². The van der Waals surface area contributed by atoms with Crippen LogP contribution in [0.15, 0.2) is 44.3 Å². The second kappa shape index (κ2) is 6.24. The number of nitrogens with one attached hydrogen (secondary N) is 1. The van der Waals surface area contributed by atoms with Crippen molar-refractivity contribution in [3.8, 4) is 0 Å². The number of aromatic nitrogens is 2. The molecule has 0 aliphatic rings. The molecule has 1 amide bonds. The van der Waals surface area contributed by atoms with Crippen LogP contribution in [0.25, 0.3) is 11.1 Å². The van der Waals surface area contributed by atoms with Gasteiger partial charge in [-0.15, -0.1) is 0 Å². The van der Waals surface area contributed by atoms with Crippen molar-refractivity contribution in [2.45, 2.75) is 19.9 Å². The number of carbonyl (C=O) groups is 1. The van der Waals surface area contributed by atoms with Crippen molar-refractivity contribution in [3.05, 3.63) is 62.3 Å². The number of fused-ring (bicyclic) bond motifs is 1. The van der Waals surface area contributed by atoms with Crippen molar-refractivity contribution in [1.29, 1.82) is 0 Å². The van der Waals surface area contributed by atoms with E-state index in [9.17, 15) is 9.59 Å². The molecular formula is C17H16BrN3O3. The van der Waals surface area contributed by atoms with E-state index in [1.807, 2.05) is 31.2 Å². The molecule has 0 aliphatic carbocycles. The summed E-state index contributed by atoms with van der Waals surface area (Å²) in [7, 11) is 1.59. The molecule has 1 atom stereocenters. The minimum atomic E-state index is -0.355. The van der Waals surface area contributed by atoms with Crippen molar-refractivity contribution in [3.63, 3.8) is 0 Å². The van der Waals surface area contributed by atoms with Crippen LogP contribution in [0.3, 0.4) is 0 Å². The van der Waals surface area contributed by atoms with Gasteiger partial charge in [0, 0.05) is 11.5 Å². The fourth-order valence-electron chi connectivity index (χ4n) is 2.56. The van der Waals surface area contributed by atoms with Gasteiger partial charge >= 0.3 is 0 Å². The standard InChI is InChI=1S/C17H16BrN3O3/c1-9(11-4-6-12(18)7-5-11)20-15(22)13-10(2)24-16-14(13)17(23)21(3)8-19-16/h4-9H,1-3H3,(H,20,22). The van der Waals surface area contributed by atoms with Gasteiger partial charge in [-0.2, -0.15) is 0 Å². The summed E-state index contributed by atoms with van der Waals surface area (Å²) in [4.78, 5) is 29.1. The van der Waals surface area contributed by atoms with Crippen molar-refractivity contribution in [2.24, 2.45) is 7.05 Å². The topological polar surface area (TPSA) is 77.1 Å². The largest absolute Gasteiger partial charge is 0.442 e. The molecule has 3 rings (SSSR count). The Morgan fingerprint density at radius 3 is 2.67 bits per heavy atom. The van der Waals surface area contributed by atoms with Crippen LogP contribution in [-0.2, 0) is 7.05 Å². The van der Waals surface area contributed by atoms with Crippen molar-refractivity contribution in [2.75, 3.05) is 0 Å². The highest BCUT2D eigenvalue weighted by atomic mass is 79.9. The van der Waals surface area contributed by atoms with Crippen LogP contribution >= 0.6 is 15.9 Å². The van der Waals surface area contributed by atoms with Crippen LogP contribution in [0, 0.1) is 6.92 Å². The lowest BCUT2D eigenvalue weighted by Gasteiger charge is -2.14. The Kier molecular flexibility index (Phi) is 4.28. The quantitative estimate of drug-likeness (QED) is 0.746. The summed E-state index contributed by atoms with van der Waals surface area (Å²) in [5.74, 6) is 0.0214. The van der Waals surface area contributed by atoms with Gasteiger partial charge in [-0.1, -0.05) is 28.1 Å². The summed E-state index contributed by atoms with van der Waals surface area (Å²) >= 11 is 3.38. The number of furan rings is 1. The molecule has 1 aromatic carbocycles. The Hall–Kier alpha value is -2.41. The number of nitrogens with zero attached hydrogens (tertiary/aromatic N) is 2. The summed E-state index contributed by atoms with van der Waals surface area (Å²) in [5, 5.41) is 3.11.